The summed E-state index contributed by atoms with van der Waals surface area (Å²) in [6.07, 6.45) is 4.12. The van der Waals surface area contributed by atoms with Crippen molar-refractivity contribution in [3.63, 3.8) is 0 Å². The van der Waals surface area contributed by atoms with Crippen molar-refractivity contribution in [1.82, 2.24) is 9.62 Å². The normalized spacial score (nSPS) is 12.1. The van der Waals surface area contributed by atoms with Crippen LogP contribution in [0.5, 0.6) is 0 Å². The van der Waals surface area contributed by atoms with E-state index in [1.54, 1.807) is 31.7 Å². The molecule has 2 rings (SSSR count). The van der Waals surface area contributed by atoms with E-state index in [2.05, 4.69) is 12.2 Å². The monoisotopic (exact) mass is 328 g/mol. The highest BCUT2D eigenvalue weighted by Gasteiger charge is 2.25. The van der Waals surface area contributed by atoms with Gasteiger partial charge in [-0.25, -0.2) is 8.42 Å². The van der Waals surface area contributed by atoms with Crippen molar-refractivity contribution in [1.29, 1.82) is 0 Å². The van der Waals surface area contributed by atoms with E-state index in [1.165, 1.54) is 15.6 Å². The zero-order valence-corrected chi connectivity index (χ0v) is 13.8. The van der Waals surface area contributed by atoms with Gasteiger partial charge in [-0.2, -0.15) is 4.31 Å². The van der Waals surface area contributed by atoms with E-state index in [0.29, 0.717) is 18.0 Å². The Hall–Kier alpha value is -1.15. The molecule has 0 spiro atoms. The lowest BCUT2D eigenvalue weighted by Gasteiger charge is -2.16. The van der Waals surface area contributed by atoms with Crippen LogP contribution in [0.3, 0.4) is 0 Å². The molecule has 0 atom stereocenters. The van der Waals surface area contributed by atoms with Gasteiger partial charge in [0.25, 0.3) is 0 Å². The molecule has 0 amide bonds. The molecule has 0 radical (unpaired) electrons. The van der Waals surface area contributed by atoms with Gasteiger partial charge in [0.15, 0.2) is 0 Å². The van der Waals surface area contributed by atoms with Crippen LogP contribution in [0.1, 0.15) is 23.8 Å². The Morgan fingerprint density at radius 1 is 1.38 bits per heavy atom. The van der Waals surface area contributed by atoms with E-state index < -0.39 is 10.0 Å². The summed E-state index contributed by atoms with van der Waals surface area (Å²) in [7, 11) is -1.89. The Kier molecular flexibility index (Phi) is 5.58. The summed E-state index contributed by atoms with van der Waals surface area (Å²) in [4.78, 5) is 1.24. The van der Waals surface area contributed by atoms with Gasteiger partial charge in [0, 0.05) is 30.6 Å². The molecule has 0 aliphatic heterocycles. The minimum atomic E-state index is -3.48. The standard InChI is InChI=1S/C14H20N2O3S2/c1-3-6-15-9-13-14(5-8-20-13)21(17,18)16(2)10-12-4-7-19-11-12/h4-5,7-8,11,15H,3,6,9-10H2,1-2H3. The maximum Gasteiger partial charge on any atom is 0.244 e. The molecular formula is C14H20N2O3S2. The van der Waals surface area contributed by atoms with Crippen LogP contribution in [0.15, 0.2) is 39.4 Å². The van der Waals surface area contributed by atoms with Gasteiger partial charge < -0.3 is 9.73 Å². The lowest BCUT2D eigenvalue weighted by Crippen LogP contribution is -2.27. The molecule has 0 saturated carbocycles. The fourth-order valence-electron chi connectivity index (χ4n) is 1.96. The molecule has 0 aromatic carbocycles. The Morgan fingerprint density at radius 3 is 2.86 bits per heavy atom. The Bertz CT molecular complexity index is 648. The molecular weight excluding hydrogens is 308 g/mol. The van der Waals surface area contributed by atoms with E-state index in [9.17, 15) is 8.42 Å². The molecule has 0 fully saturated rings. The van der Waals surface area contributed by atoms with E-state index in [1.807, 2.05) is 5.38 Å². The Balaban J connectivity index is 2.13. The molecule has 21 heavy (non-hydrogen) atoms. The van der Waals surface area contributed by atoms with Gasteiger partial charge in [-0.3, -0.25) is 0 Å². The van der Waals surface area contributed by atoms with Gasteiger partial charge in [-0.05, 0) is 30.5 Å². The van der Waals surface area contributed by atoms with Crippen molar-refractivity contribution in [2.45, 2.75) is 31.3 Å². The van der Waals surface area contributed by atoms with Crippen LogP contribution in [0.25, 0.3) is 0 Å². The number of hydrogen-bond donors (Lipinski definition) is 1. The molecule has 0 unspecified atom stereocenters. The zero-order chi connectivity index (χ0) is 15.3. The van der Waals surface area contributed by atoms with Gasteiger partial charge in [0.05, 0.1) is 17.4 Å². The largest absolute Gasteiger partial charge is 0.472 e. The first-order valence-electron chi connectivity index (χ1n) is 6.80. The van der Waals surface area contributed by atoms with Crippen LogP contribution in [0.2, 0.25) is 0 Å². The molecule has 0 bridgehead atoms. The van der Waals surface area contributed by atoms with Gasteiger partial charge >= 0.3 is 0 Å². The fourth-order valence-corrected chi connectivity index (χ4v) is 4.50. The van der Waals surface area contributed by atoms with Crippen LogP contribution < -0.4 is 5.32 Å². The zero-order valence-electron chi connectivity index (χ0n) is 12.2. The first-order chi connectivity index (χ1) is 10.1. The van der Waals surface area contributed by atoms with E-state index in [4.69, 9.17) is 4.42 Å². The van der Waals surface area contributed by atoms with Crippen molar-refractivity contribution >= 4 is 21.4 Å². The number of nitrogens with zero attached hydrogens (tertiary/aromatic N) is 1. The molecule has 2 aromatic heterocycles. The fraction of sp³-hybridized carbons (Fsp3) is 0.429. The average Bonchev–Trinajstić information content (AvgIpc) is 3.10. The van der Waals surface area contributed by atoms with Crippen LogP contribution in [0, 0.1) is 0 Å². The number of nitrogens with one attached hydrogen (secondary N) is 1. The smallest absolute Gasteiger partial charge is 0.244 e. The van der Waals surface area contributed by atoms with Gasteiger partial charge in [0.1, 0.15) is 0 Å². The summed E-state index contributed by atoms with van der Waals surface area (Å²) in [6.45, 7) is 3.84. The first kappa shape index (κ1) is 16.2. The van der Waals surface area contributed by atoms with Crippen molar-refractivity contribution in [3.8, 4) is 0 Å². The molecule has 1 N–H and O–H groups in total. The summed E-state index contributed by atoms with van der Waals surface area (Å²) in [5.74, 6) is 0. The van der Waals surface area contributed by atoms with Gasteiger partial charge in [0.2, 0.25) is 10.0 Å². The number of rotatable bonds is 8. The second-order valence-electron chi connectivity index (χ2n) is 4.78. The van der Waals surface area contributed by atoms with Crippen molar-refractivity contribution in [2.75, 3.05) is 13.6 Å². The predicted octanol–water partition coefficient (Wildman–Crippen LogP) is 2.66. The molecule has 0 aliphatic rings. The molecule has 2 heterocycles. The molecule has 0 aliphatic carbocycles. The predicted molar refractivity (Wildman–Crippen MR) is 83.7 cm³/mol. The highest BCUT2D eigenvalue weighted by Crippen LogP contribution is 2.25. The third-order valence-corrected chi connectivity index (χ3v) is 6.03. The third kappa shape index (κ3) is 3.94. The molecule has 7 heteroatoms. The Labute approximate surface area is 129 Å². The molecule has 2 aromatic rings. The Morgan fingerprint density at radius 2 is 2.19 bits per heavy atom. The summed E-state index contributed by atoms with van der Waals surface area (Å²) in [6, 6.07) is 3.44. The first-order valence-corrected chi connectivity index (χ1v) is 9.12. The summed E-state index contributed by atoms with van der Waals surface area (Å²) < 4.78 is 31.6. The summed E-state index contributed by atoms with van der Waals surface area (Å²) in [5, 5.41) is 5.07. The number of thiophene rings is 1. The van der Waals surface area contributed by atoms with Crippen LogP contribution >= 0.6 is 11.3 Å². The van der Waals surface area contributed by atoms with Crippen molar-refractivity contribution in [2.24, 2.45) is 0 Å². The third-order valence-electron chi connectivity index (χ3n) is 3.09. The molecule has 5 nitrogen and oxygen atoms in total. The van der Waals surface area contributed by atoms with Crippen LogP contribution in [-0.2, 0) is 23.1 Å². The van der Waals surface area contributed by atoms with E-state index in [-0.39, 0.29) is 0 Å². The average molecular weight is 328 g/mol. The van der Waals surface area contributed by atoms with Crippen molar-refractivity contribution in [3.05, 3.63) is 40.5 Å². The van der Waals surface area contributed by atoms with Crippen LogP contribution in [-0.4, -0.2) is 26.3 Å². The van der Waals surface area contributed by atoms with E-state index >= 15 is 0 Å². The second-order valence-corrected chi connectivity index (χ2v) is 7.79. The van der Waals surface area contributed by atoms with Crippen LogP contribution in [0.4, 0.5) is 0 Å². The SMILES string of the molecule is CCCNCc1sccc1S(=O)(=O)N(C)Cc1ccoc1. The minimum absolute atomic E-state index is 0.302. The van der Waals surface area contributed by atoms with Gasteiger partial charge in [-0.1, -0.05) is 6.92 Å². The maximum absolute atomic E-state index is 12.6. The highest BCUT2D eigenvalue weighted by molar-refractivity contribution is 7.89. The quantitative estimate of drug-likeness (QED) is 0.757. The molecule has 0 saturated heterocycles. The number of furan rings is 1. The van der Waals surface area contributed by atoms with E-state index in [0.717, 1.165) is 23.4 Å². The topological polar surface area (TPSA) is 62.6 Å². The number of hydrogen-bond acceptors (Lipinski definition) is 5. The highest BCUT2D eigenvalue weighted by atomic mass is 32.2. The summed E-state index contributed by atoms with van der Waals surface area (Å²) in [5.41, 5.74) is 0.835. The lowest BCUT2D eigenvalue weighted by atomic mass is 10.3. The van der Waals surface area contributed by atoms with Gasteiger partial charge in [-0.15, -0.1) is 11.3 Å². The number of sulfonamides is 1. The summed E-state index contributed by atoms with van der Waals surface area (Å²) >= 11 is 1.47. The van der Waals surface area contributed by atoms with Crippen molar-refractivity contribution < 1.29 is 12.8 Å². The minimum Gasteiger partial charge on any atom is -0.472 e. The second kappa shape index (κ2) is 7.22. The molecule has 116 valence electrons. The lowest BCUT2D eigenvalue weighted by molar-refractivity contribution is 0.462. The maximum atomic E-state index is 12.6.